The molecule has 0 aliphatic rings. The van der Waals surface area contributed by atoms with Gasteiger partial charge in [0.1, 0.15) is 11.4 Å². The van der Waals surface area contributed by atoms with Crippen LogP contribution in [0, 0.1) is 0 Å². The quantitative estimate of drug-likeness (QED) is 0.0227. The van der Waals surface area contributed by atoms with Gasteiger partial charge in [-0.1, -0.05) is 15.1 Å². The fourth-order valence-corrected chi connectivity index (χ4v) is 5.63. The average Bonchev–Trinajstić information content (AvgIpc) is 3.03. The Bertz CT molecular complexity index is 1890. The molecule has 0 bridgehead atoms. The number of carboxylic acid groups (broad SMARTS) is 1. The highest BCUT2D eigenvalue weighted by molar-refractivity contribution is 7.95. The van der Waals surface area contributed by atoms with Crippen LogP contribution in [0.2, 0.25) is 0 Å². The Morgan fingerprint density at radius 1 is 0.717 bits per heavy atom. The van der Waals surface area contributed by atoms with Crippen molar-refractivity contribution in [2.24, 2.45) is 20.5 Å². The first-order chi connectivity index (χ1) is 22.0. The summed E-state index contributed by atoms with van der Waals surface area (Å²) in [6.45, 7) is 0. The van der Waals surface area contributed by atoms with Gasteiger partial charge >= 0.3 is 5.97 Å². The summed E-state index contributed by atoms with van der Waals surface area (Å²) in [6.07, 6.45) is 0. The van der Waals surface area contributed by atoms with Crippen LogP contribution in [0.3, 0.4) is 0 Å². The number of aromatic hydroxyl groups is 1. The molecule has 0 amide bonds. The number of carboxylic acids is 1. The zero-order chi connectivity index (χ0) is 33.3. The molecule has 4 aromatic rings. The van der Waals surface area contributed by atoms with Crippen molar-refractivity contribution >= 4 is 85.7 Å². The molecule has 46 heavy (non-hydrogen) atoms. The Balaban J connectivity index is 1.74. The molecule has 0 heterocycles. The third-order valence-corrected chi connectivity index (χ3v) is 8.12. The van der Waals surface area contributed by atoms with E-state index >= 15 is 0 Å². The van der Waals surface area contributed by atoms with Crippen LogP contribution in [-0.4, -0.2) is 44.9 Å². The first-order valence-electron chi connectivity index (χ1n) is 11.6. The van der Waals surface area contributed by atoms with Gasteiger partial charge in [-0.2, -0.15) is 18.6 Å². The van der Waals surface area contributed by atoms with E-state index in [2.05, 4.69) is 48.6 Å². The molecule has 242 valence electrons. The molecule has 0 aliphatic carbocycles. The van der Waals surface area contributed by atoms with E-state index in [-0.39, 0.29) is 55.2 Å². The van der Waals surface area contributed by atoms with Crippen molar-refractivity contribution < 1.29 is 71.9 Å². The zero-order valence-corrected chi connectivity index (χ0v) is 25.3. The Kier molecular flexibility index (Phi) is 12.3. The molecule has 0 spiro atoms. The summed E-state index contributed by atoms with van der Waals surface area (Å²) in [5.41, 5.74) is -0.397. The maximum Gasteiger partial charge on any atom is 0.338 e. The van der Waals surface area contributed by atoms with Gasteiger partial charge < -0.3 is 10.2 Å². The van der Waals surface area contributed by atoms with Crippen LogP contribution in [0.25, 0.3) is 10.8 Å². The Labute approximate surface area is 269 Å². The Morgan fingerprint density at radius 3 is 1.96 bits per heavy atom. The van der Waals surface area contributed by atoms with E-state index in [9.17, 15) is 28.0 Å². The summed E-state index contributed by atoms with van der Waals surface area (Å²) in [7, 11) is -4.77. The van der Waals surface area contributed by atoms with E-state index in [1.54, 1.807) is 24.3 Å². The van der Waals surface area contributed by atoms with Crippen LogP contribution >= 0.6 is 36.1 Å². The number of aromatic carboxylic acids is 1. The smallest absolute Gasteiger partial charge is 0.338 e. The highest BCUT2D eigenvalue weighted by Gasteiger charge is 2.22. The van der Waals surface area contributed by atoms with Crippen molar-refractivity contribution in [1.82, 2.24) is 0 Å². The van der Waals surface area contributed by atoms with Gasteiger partial charge in [-0.05, 0) is 66.0 Å². The monoisotopic (exact) mass is 716 g/mol. The molecule has 4 rings (SSSR count). The first kappa shape index (κ1) is 35.1. The van der Waals surface area contributed by atoms with Gasteiger partial charge in [-0.3, -0.25) is 4.55 Å². The van der Waals surface area contributed by atoms with E-state index < -0.39 is 26.7 Å². The number of phenols is 1. The predicted octanol–water partition coefficient (Wildman–Crippen LogP) is 7.61. The summed E-state index contributed by atoms with van der Waals surface area (Å²) < 4.78 is 46.3. The fourth-order valence-electron chi connectivity index (χ4n) is 3.59. The SMILES string of the molecule is O=C(O)c1cc(/N=N/c2ccc(SOOO)cc2)ccc1/N=N/c1c(SOOO)cc2cc(S(=O)(=O)O)cc(SOOO)c2c1O. The number of rotatable bonds is 15. The number of azo groups is 2. The number of hydrogen-bond donors (Lipinski definition) is 6. The second kappa shape index (κ2) is 16.2. The second-order valence-corrected chi connectivity index (χ2v) is 11.8. The predicted molar refractivity (Wildman–Crippen MR) is 156 cm³/mol. The number of carbonyl (C=O) groups is 1. The number of phenolic OH excluding ortho intramolecular Hbond substituents is 1. The van der Waals surface area contributed by atoms with Gasteiger partial charge in [-0.15, -0.1) is 23.2 Å². The van der Waals surface area contributed by atoms with Gasteiger partial charge in [0.2, 0.25) is 0 Å². The highest BCUT2D eigenvalue weighted by Crippen LogP contribution is 2.48. The molecule has 4 aromatic carbocycles. The Hall–Kier alpha value is -3.79. The molecule has 0 atom stereocenters. The lowest BCUT2D eigenvalue weighted by Crippen LogP contribution is -1.99. The molecule has 0 radical (unpaired) electrons. The largest absolute Gasteiger partial charge is 0.505 e. The third-order valence-electron chi connectivity index (χ3n) is 5.44. The fraction of sp³-hybridized carbons (Fsp3) is 0. The molecule has 0 aromatic heterocycles. The van der Waals surface area contributed by atoms with Crippen molar-refractivity contribution in [3.8, 4) is 5.75 Å². The summed E-state index contributed by atoms with van der Waals surface area (Å²) in [5.74, 6) is -2.09. The number of benzene rings is 4. The molecular weight excluding hydrogens is 701 g/mol. The maximum absolute atomic E-state index is 12.0. The summed E-state index contributed by atoms with van der Waals surface area (Å²) in [6, 6.07) is 13.2. The molecule has 0 unspecified atom stereocenters. The summed E-state index contributed by atoms with van der Waals surface area (Å²) >= 11 is 1.30. The van der Waals surface area contributed by atoms with Crippen LogP contribution in [0.5, 0.6) is 5.75 Å². The number of fused-ring (bicyclic) bond motifs is 1. The van der Waals surface area contributed by atoms with E-state index in [0.717, 1.165) is 30.2 Å². The van der Waals surface area contributed by atoms with Crippen LogP contribution in [0.15, 0.2) is 101 Å². The topological polar surface area (TPSA) is 277 Å². The minimum Gasteiger partial charge on any atom is -0.505 e. The molecule has 0 saturated carbocycles. The van der Waals surface area contributed by atoms with Crippen LogP contribution in [0.4, 0.5) is 22.7 Å². The number of hydrogen-bond acceptors (Lipinski definition) is 20. The van der Waals surface area contributed by atoms with Crippen molar-refractivity contribution in [2.75, 3.05) is 0 Å². The zero-order valence-electron chi connectivity index (χ0n) is 22.1. The van der Waals surface area contributed by atoms with Crippen molar-refractivity contribution in [2.45, 2.75) is 19.6 Å². The Morgan fingerprint density at radius 2 is 1.33 bits per heavy atom. The van der Waals surface area contributed by atoms with Gasteiger partial charge in [0, 0.05) is 10.3 Å². The van der Waals surface area contributed by atoms with Crippen molar-refractivity contribution in [1.29, 1.82) is 0 Å². The first-order valence-corrected chi connectivity index (χ1v) is 15.3. The molecular formula is C23H16N4O15S4. The van der Waals surface area contributed by atoms with Crippen molar-refractivity contribution in [3.63, 3.8) is 0 Å². The van der Waals surface area contributed by atoms with E-state index in [0.29, 0.717) is 22.6 Å². The summed E-state index contributed by atoms with van der Waals surface area (Å²) in [4.78, 5) is 11.7. The standard InChI is InChI=1S/C23H16N4O15S4/c28-22-20-11(7-15(46(34,35)36)10-18(20)44-41-38-32)8-19(45-42-39-33)21(22)27-26-17-6-3-13(9-16(17)23(29)30)25-24-12-1-4-14(5-2-12)43-40-37-31/h1-10,28,31-33H,(H,29,30)(H,34,35,36)/b25-24+,27-26+. The van der Waals surface area contributed by atoms with Gasteiger partial charge in [0.05, 0.1) is 67.8 Å². The number of nitrogens with zero attached hydrogens (tertiary/aromatic N) is 4. The molecule has 0 saturated heterocycles. The second-order valence-electron chi connectivity index (χ2n) is 8.14. The van der Waals surface area contributed by atoms with Crippen LogP contribution < -0.4 is 0 Å². The van der Waals surface area contributed by atoms with E-state index in [1.807, 2.05) is 0 Å². The van der Waals surface area contributed by atoms with Gasteiger partial charge in [-0.25, -0.2) is 20.6 Å². The lowest BCUT2D eigenvalue weighted by molar-refractivity contribution is -0.432. The normalized spacial score (nSPS) is 12.1. The lowest BCUT2D eigenvalue weighted by atomic mass is 10.1. The molecule has 0 fully saturated rings. The molecule has 19 nitrogen and oxygen atoms in total. The van der Waals surface area contributed by atoms with Crippen molar-refractivity contribution in [3.05, 3.63) is 66.2 Å². The minimum atomic E-state index is -4.77. The average molecular weight is 717 g/mol. The summed E-state index contributed by atoms with van der Waals surface area (Å²) in [5, 5.41) is 72.8. The molecule has 6 N–H and O–H groups in total. The van der Waals surface area contributed by atoms with Gasteiger partial charge in [0.25, 0.3) is 10.1 Å². The minimum absolute atomic E-state index is 0.0403. The van der Waals surface area contributed by atoms with Gasteiger partial charge in [0.15, 0.2) is 5.75 Å². The molecule has 0 aliphatic heterocycles. The molecule has 23 heteroatoms. The third kappa shape index (κ3) is 8.93. The van der Waals surface area contributed by atoms with E-state index in [1.165, 1.54) is 18.2 Å². The van der Waals surface area contributed by atoms with Crippen LogP contribution in [-0.2, 0) is 38.2 Å². The highest BCUT2D eigenvalue weighted by atomic mass is 32.2. The van der Waals surface area contributed by atoms with Crippen LogP contribution in [0.1, 0.15) is 10.4 Å². The lowest BCUT2D eigenvalue weighted by Gasteiger charge is -2.13. The maximum atomic E-state index is 12.0. The van der Waals surface area contributed by atoms with E-state index in [4.69, 9.17) is 15.8 Å².